The van der Waals surface area contributed by atoms with Gasteiger partial charge in [0.1, 0.15) is 5.76 Å². The molecule has 1 saturated heterocycles. The average molecular weight is 398 g/mol. The van der Waals surface area contributed by atoms with Gasteiger partial charge in [-0.3, -0.25) is 4.79 Å². The summed E-state index contributed by atoms with van der Waals surface area (Å²) in [6.45, 7) is 3.11. The summed E-state index contributed by atoms with van der Waals surface area (Å²) < 4.78 is 57.3. The van der Waals surface area contributed by atoms with E-state index in [1.165, 1.54) is 30.5 Å². The van der Waals surface area contributed by atoms with Crippen LogP contribution in [0.3, 0.4) is 0 Å². The van der Waals surface area contributed by atoms with Gasteiger partial charge in [0.25, 0.3) is 0 Å². The minimum absolute atomic E-state index is 0.00966. The quantitative estimate of drug-likeness (QED) is 0.816. The van der Waals surface area contributed by atoms with Crippen molar-refractivity contribution in [3.05, 3.63) is 48.4 Å². The highest BCUT2D eigenvalue weighted by Gasteiger charge is 2.49. The predicted molar refractivity (Wildman–Crippen MR) is 94.2 cm³/mol. The van der Waals surface area contributed by atoms with Crippen molar-refractivity contribution in [3.63, 3.8) is 0 Å². The second-order valence-electron chi connectivity index (χ2n) is 6.61. The second kappa shape index (κ2) is 6.22. The number of hydrogen-bond acceptors (Lipinski definition) is 6. The van der Waals surface area contributed by atoms with Crippen LogP contribution in [0.5, 0.6) is 0 Å². The highest BCUT2D eigenvalue weighted by Crippen LogP contribution is 2.35. The van der Waals surface area contributed by atoms with Crippen LogP contribution in [0.25, 0.3) is 0 Å². The predicted octanol–water partition coefficient (Wildman–Crippen LogP) is 1.46. The molecule has 0 atom stereocenters. The zero-order chi connectivity index (χ0) is 19.2. The molecule has 0 saturated carbocycles. The third-order valence-corrected chi connectivity index (χ3v) is 7.42. The van der Waals surface area contributed by atoms with E-state index in [0.29, 0.717) is 5.76 Å². The molecule has 1 aliphatic rings. The van der Waals surface area contributed by atoms with Crippen LogP contribution in [-0.4, -0.2) is 28.5 Å². The normalized spacial score (nSPS) is 19.0. The number of rotatable bonds is 5. The maximum atomic E-state index is 12.4. The molecule has 8 nitrogen and oxygen atoms in total. The zero-order valence-electron chi connectivity index (χ0n) is 14.2. The lowest BCUT2D eigenvalue weighted by Gasteiger charge is -2.17. The Kier molecular flexibility index (Phi) is 4.45. The highest BCUT2D eigenvalue weighted by atomic mass is 32.2. The maximum Gasteiger partial charge on any atom is 0.247 e. The fourth-order valence-corrected chi connectivity index (χ4v) is 5.79. The molecular formula is C16H18N2O6S2. The molecule has 2 heterocycles. The van der Waals surface area contributed by atoms with Crippen LogP contribution in [0, 0.1) is 5.41 Å². The molecule has 1 N–H and O–H groups in total. The molecule has 1 aromatic carbocycles. The van der Waals surface area contributed by atoms with E-state index in [9.17, 15) is 21.6 Å². The van der Waals surface area contributed by atoms with Crippen LogP contribution in [0.15, 0.2) is 52.0 Å². The minimum atomic E-state index is -3.80. The Labute approximate surface area is 151 Å². The van der Waals surface area contributed by atoms with Gasteiger partial charge in [0.2, 0.25) is 26.0 Å². The summed E-state index contributed by atoms with van der Waals surface area (Å²) in [5.41, 5.74) is -0.903. The standard InChI is InChI=1S/C16H18N2O6S2/c1-16(2)11-25(20,21)18(15(16)19)12-5-7-14(8-6-12)26(22,23)17-10-13-4-3-9-24-13/h3-9,17H,10-11H2,1-2H3. The topological polar surface area (TPSA) is 114 Å². The Balaban J connectivity index is 1.83. The number of sulfonamides is 2. The first-order valence-electron chi connectivity index (χ1n) is 7.72. The third-order valence-electron chi connectivity index (χ3n) is 3.98. The summed E-state index contributed by atoms with van der Waals surface area (Å²) in [5, 5.41) is 0. The number of amides is 1. The Bertz CT molecular complexity index is 1020. The van der Waals surface area contributed by atoms with Gasteiger partial charge in [-0.2, -0.15) is 0 Å². The van der Waals surface area contributed by atoms with Gasteiger partial charge in [-0.15, -0.1) is 0 Å². The van der Waals surface area contributed by atoms with Crippen molar-refractivity contribution in [2.75, 3.05) is 10.1 Å². The van der Waals surface area contributed by atoms with Crippen molar-refractivity contribution in [1.82, 2.24) is 4.72 Å². The first kappa shape index (κ1) is 18.6. The monoisotopic (exact) mass is 398 g/mol. The van der Waals surface area contributed by atoms with Crippen LogP contribution in [0.2, 0.25) is 0 Å². The van der Waals surface area contributed by atoms with Gasteiger partial charge in [0.15, 0.2) is 0 Å². The lowest BCUT2D eigenvalue weighted by atomic mass is 9.95. The number of carbonyl (C=O) groups is 1. The van der Waals surface area contributed by atoms with Crippen molar-refractivity contribution >= 4 is 31.6 Å². The molecule has 140 valence electrons. The SMILES string of the molecule is CC1(C)CS(=O)(=O)N(c2ccc(S(=O)(=O)NCc3ccco3)cc2)C1=O. The Morgan fingerprint density at radius 3 is 2.35 bits per heavy atom. The van der Waals surface area contributed by atoms with Gasteiger partial charge < -0.3 is 4.42 Å². The summed E-state index contributed by atoms with van der Waals surface area (Å²) in [6.07, 6.45) is 1.44. The van der Waals surface area contributed by atoms with E-state index in [1.807, 2.05) is 0 Å². The Morgan fingerprint density at radius 2 is 1.85 bits per heavy atom. The van der Waals surface area contributed by atoms with E-state index in [0.717, 1.165) is 4.31 Å². The van der Waals surface area contributed by atoms with Crippen LogP contribution >= 0.6 is 0 Å². The summed E-state index contributed by atoms with van der Waals surface area (Å²) >= 11 is 0. The molecule has 3 rings (SSSR count). The van der Waals surface area contributed by atoms with Crippen LogP contribution in [0.1, 0.15) is 19.6 Å². The largest absolute Gasteiger partial charge is 0.468 e. The van der Waals surface area contributed by atoms with Crippen LogP contribution in [0.4, 0.5) is 5.69 Å². The molecule has 0 bridgehead atoms. The molecule has 0 unspecified atom stereocenters. The van der Waals surface area contributed by atoms with Gasteiger partial charge in [-0.1, -0.05) is 0 Å². The van der Waals surface area contributed by atoms with Crippen LogP contribution < -0.4 is 9.03 Å². The first-order valence-corrected chi connectivity index (χ1v) is 10.8. The summed E-state index contributed by atoms with van der Waals surface area (Å²) in [5.74, 6) is -0.367. The van der Waals surface area contributed by atoms with E-state index in [-0.39, 0.29) is 22.9 Å². The van der Waals surface area contributed by atoms with Crippen molar-refractivity contribution < 1.29 is 26.0 Å². The average Bonchev–Trinajstić information content (AvgIpc) is 3.10. The number of nitrogens with zero attached hydrogens (tertiary/aromatic N) is 1. The van der Waals surface area contributed by atoms with Crippen molar-refractivity contribution in [3.8, 4) is 0 Å². The summed E-state index contributed by atoms with van der Waals surface area (Å²) in [7, 11) is -7.58. The lowest BCUT2D eigenvalue weighted by molar-refractivity contribution is -0.123. The van der Waals surface area contributed by atoms with Gasteiger partial charge in [0, 0.05) is 0 Å². The fraction of sp³-hybridized carbons (Fsp3) is 0.312. The minimum Gasteiger partial charge on any atom is -0.468 e. The van der Waals surface area contributed by atoms with E-state index in [1.54, 1.807) is 26.0 Å². The van der Waals surface area contributed by atoms with Gasteiger partial charge in [0.05, 0.1) is 34.6 Å². The molecule has 0 aliphatic carbocycles. The number of carbonyl (C=O) groups excluding carboxylic acids is 1. The lowest BCUT2D eigenvalue weighted by Crippen LogP contribution is -2.33. The van der Waals surface area contributed by atoms with Gasteiger partial charge in [-0.25, -0.2) is 25.9 Å². The number of hydrogen-bond donors (Lipinski definition) is 1. The van der Waals surface area contributed by atoms with E-state index in [4.69, 9.17) is 4.42 Å². The number of anilines is 1. The molecule has 26 heavy (non-hydrogen) atoms. The molecule has 1 fully saturated rings. The van der Waals surface area contributed by atoms with E-state index < -0.39 is 31.4 Å². The molecule has 1 amide bonds. The number of furan rings is 1. The van der Waals surface area contributed by atoms with Gasteiger partial charge in [-0.05, 0) is 50.2 Å². The van der Waals surface area contributed by atoms with E-state index in [2.05, 4.69) is 4.72 Å². The number of benzene rings is 1. The first-order chi connectivity index (χ1) is 12.0. The molecule has 10 heteroatoms. The van der Waals surface area contributed by atoms with Crippen molar-refractivity contribution in [2.24, 2.45) is 5.41 Å². The molecule has 1 aromatic heterocycles. The Hall–Kier alpha value is -2.17. The molecular weight excluding hydrogens is 380 g/mol. The smallest absolute Gasteiger partial charge is 0.247 e. The second-order valence-corrected chi connectivity index (χ2v) is 10.2. The van der Waals surface area contributed by atoms with Gasteiger partial charge >= 0.3 is 0 Å². The van der Waals surface area contributed by atoms with Crippen LogP contribution in [-0.2, 0) is 31.4 Å². The highest BCUT2D eigenvalue weighted by molar-refractivity contribution is 7.94. The van der Waals surface area contributed by atoms with Crippen molar-refractivity contribution in [1.29, 1.82) is 0 Å². The molecule has 0 radical (unpaired) electrons. The van der Waals surface area contributed by atoms with Crippen molar-refractivity contribution in [2.45, 2.75) is 25.3 Å². The summed E-state index contributed by atoms with van der Waals surface area (Å²) in [4.78, 5) is 12.3. The Morgan fingerprint density at radius 1 is 1.19 bits per heavy atom. The molecule has 0 spiro atoms. The molecule has 2 aromatic rings. The fourth-order valence-electron chi connectivity index (χ4n) is 2.68. The molecule has 1 aliphatic heterocycles. The van der Waals surface area contributed by atoms with E-state index >= 15 is 0 Å². The zero-order valence-corrected chi connectivity index (χ0v) is 15.8. The maximum absolute atomic E-state index is 12.4. The number of nitrogens with one attached hydrogen (secondary N) is 1. The third kappa shape index (κ3) is 3.39. The summed E-state index contributed by atoms with van der Waals surface area (Å²) in [6, 6.07) is 8.41.